The van der Waals surface area contributed by atoms with Gasteiger partial charge in [0, 0.05) is 27.6 Å². The SMILES string of the molecule is Cc1noc(-c2nc(CC3CCCC(c4cc(CC(C)(C)C(=O)O)cc(-c5nc(CC6CCC6)c(-c6ccc(S(=O)(=O)N[C@@H](C)C(F)(F)F)c(Cl)c6Cl)s5)c4)C3)c(-c3ccc(S(=O)(=O)NC(C)(C)C)c4ccccc34)s2)n1. The van der Waals surface area contributed by atoms with Crippen LogP contribution in [0.4, 0.5) is 13.2 Å². The van der Waals surface area contributed by atoms with E-state index in [0.29, 0.717) is 57.3 Å². The largest absolute Gasteiger partial charge is 0.481 e. The van der Waals surface area contributed by atoms with Gasteiger partial charge in [-0.15, -0.1) is 22.7 Å². The number of alkyl halides is 3. The summed E-state index contributed by atoms with van der Waals surface area (Å²) < 4.78 is 104. The van der Waals surface area contributed by atoms with Gasteiger partial charge in [0.15, 0.2) is 10.8 Å². The van der Waals surface area contributed by atoms with E-state index in [0.717, 1.165) is 94.9 Å². The Morgan fingerprint density at radius 1 is 0.779 bits per heavy atom. The quantitative estimate of drug-likeness (QED) is 0.0785. The number of hydrogen-bond donors (Lipinski definition) is 3. The molecule has 3 atom stereocenters. The predicted octanol–water partition coefficient (Wildman–Crippen LogP) is 14.2. The van der Waals surface area contributed by atoms with Gasteiger partial charge in [0.1, 0.15) is 15.9 Å². The minimum atomic E-state index is -4.84. The van der Waals surface area contributed by atoms with E-state index in [1.54, 1.807) is 52.3 Å². The number of nitrogens with zero attached hydrogens (tertiary/aromatic N) is 4. The van der Waals surface area contributed by atoms with Gasteiger partial charge in [0.05, 0.1) is 41.5 Å². The summed E-state index contributed by atoms with van der Waals surface area (Å²) in [5.41, 5.74) is 3.57. The molecule has 0 aliphatic heterocycles. The smallest absolute Gasteiger partial charge is 0.404 e. The molecule has 2 unspecified atom stereocenters. The predicted molar refractivity (Wildman–Crippen MR) is 297 cm³/mol. The Morgan fingerprint density at radius 3 is 2.03 bits per heavy atom. The van der Waals surface area contributed by atoms with Crippen molar-refractivity contribution in [2.75, 3.05) is 0 Å². The summed E-state index contributed by atoms with van der Waals surface area (Å²) in [6.45, 7) is 11.2. The molecule has 7 aromatic rings. The molecule has 4 aromatic carbocycles. The molecule has 0 bridgehead atoms. The van der Waals surface area contributed by atoms with Gasteiger partial charge in [0.2, 0.25) is 20.0 Å². The molecular formula is C55H59Cl2F3N6O7S4. The lowest BCUT2D eigenvalue weighted by atomic mass is 9.75. The Balaban J connectivity index is 1.08. The number of benzene rings is 4. The normalized spacial score (nSPS) is 17.5. The van der Waals surface area contributed by atoms with Gasteiger partial charge in [0.25, 0.3) is 5.89 Å². The van der Waals surface area contributed by atoms with E-state index in [1.807, 2.05) is 36.4 Å². The second-order valence-electron chi connectivity index (χ2n) is 22.1. The van der Waals surface area contributed by atoms with E-state index in [1.165, 1.54) is 28.7 Å². The lowest BCUT2D eigenvalue weighted by Gasteiger charge is -2.30. The molecule has 0 radical (unpaired) electrons. The van der Waals surface area contributed by atoms with Crippen LogP contribution in [0.25, 0.3) is 53.1 Å². The molecule has 410 valence electrons. The third kappa shape index (κ3) is 12.5. The molecule has 2 aliphatic carbocycles. The number of aryl methyl sites for hydroxylation is 1. The molecule has 3 heterocycles. The number of aliphatic carboxylic acids is 1. The van der Waals surface area contributed by atoms with Crippen molar-refractivity contribution >= 4 is 82.7 Å². The first-order valence-electron chi connectivity index (χ1n) is 25.4. The Morgan fingerprint density at radius 2 is 1.39 bits per heavy atom. The monoisotopic (exact) mass is 1170 g/mol. The van der Waals surface area contributed by atoms with Gasteiger partial charge in [-0.25, -0.2) is 31.5 Å². The summed E-state index contributed by atoms with van der Waals surface area (Å²) in [7, 11) is -8.64. The number of rotatable bonds is 17. The van der Waals surface area contributed by atoms with Gasteiger partial charge in [-0.3, -0.25) is 4.79 Å². The Bertz CT molecular complexity index is 3630. The molecule has 22 heteroatoms. The summed E-state index contributed by atoms with van der Waals surface area (Å²) in [4.78, 5) is 28.6. The van der Waals surface area contributed by atoms with E-state index in [2.05, 4.69) is 27.0 Å². The van der Waals surface area contributed by atoms with Gasteiger partial charge < -0.3 is 9.63 Å². The molecule has 3 aromatic heterocycles. The van der Waals surface area contributed by atoms with Crippen LogP contribution in [0.5, 0.6) is 0 Å². The van der Waals surface area contributed by atoms with E-state index in [-0.39, 0.29) is 34.1 Å². The number of hydrogen-bond acceptors (Lipinski definition) is 12. The van der Waals surface area contributed by atoms with Crippen LogP contribution in [0.3, 0.4) is 0 Å². The highest BCUT2D eigenvalue weighted by atomic mass is 35.5. The number of carboxylic acid groups (broad SMARTS) is 1. The summed E-state index contributed by atoms with van der Waals surface area (Å²) in [5, 5.41) is 16.3. The molecular weight excluding hydrogens is 1110 g/mol. The van der Waals surface area contributed by atoms with Crippen LogP contribution in [-0.4, -0.2) is 65.8 Å². The van der Waals surface area contributed by atoms with Gasteiger partial charge in [-0.05, 0) is 139 Å². The molecule has 3 N–H and O–H groups in total. The van der Waals surface area contributed by atoms with Crippen LogP contribution in [0.15, 0.2) is 81.0 Å². The van der Waals surface area contributed by atoms with Crippen LogP contribution >= 0.6 is 45.9 Å². The maximum atomic E-state index is 13.8. The van der Waals surface area contributed by atoms with E-state index in [9.17, 15) is 39.9 Å². The van der Waals surface area contributed by atoms with Crippen molar-refractivity contribution in [2.45, 2.75) is 146 Å². The van der Waals surface area contributed by atoms with E-state index < -0.39 is 59.1 Å². The minimum absolute atomic E-state index is 0.0615. The number of thiazole rings is 2. The molecule has 9 rings (SSSR count). The molecule has 13 nitrogen and oxygen atoms in total. The van der Waals surface area contributed by atoms with Crippen molar-refractivity contribution in [1.29, 1.82) is 0 Å². The van der Waals surface area contributed by atoms with Crippen molar-refractivity contribution in [3.63, 3.8) is 0 Å². The zero-order chi connectivity index (χ0) is 55.6. The fraction of sp³-hybridized carbons (Fsp3) is 0.436. The number of carboxylic acids is 1. The van der Waals surface area contributed by atoms with E-state index >= 15 is 0 Å². The highest BCUT2D eigenvalue weighted by molar-refractivity contribution is 7.90. The number of aromatic nitrogens is 4. The highest BCUT2D eigenvalue weighted by Crippen LogP contribution is 2.48. The lowest BCUT2D eigenvalue weighted by molar-refractivity contribution is -0.147. The summed E-state index contributed by atoms with van der Waals surface area (Å²) in [6.07, 6.45) is 3.13. The zero-order valence-electron chi connectivity index (χ0n) is 43.4. The highest BCUT2D eigenvalue weighted by Gasteiger charge is 2.40. The van der Waals surface area contributed by atoms with Crippen LogP contribution in [0, 0.1) is 24.2 Å². The summed E-state index contributed by atoms with van der Waals surface area (Å²) in [5.74, 6) is 0.370. The lowest BCUT2D eigenvalue weighted by Crippen LogP contribution is -2.43. The number of sulfonamides is 2. The van der Waals surface area contributed by atoms with Crippen molar-refractivity contribution < 1.29 is 44.4 Å². The number of fused-ring (bicyclic) bond motifs is 1. The molecule has 0 spiro atoms. The fourth-order valence-corrected chi connectivity index (χ4v) is 16.2. The molecule has 2 aliphatic rings. The number of nitrogens with one attached hydrogen (secondary N) is 2. The van der Waals surface area contributed by atoms with Crippen LogP contribution in [-0.2, 0) is 44.1 Å². The minimum Gasteiger partial charge on any atom is -0.481 e. The Kier molecular flexibility index (Phi) is 16.0. The van der Waals surface area contributed by atoms with Gasteiger partial charge >= 0.3 is 12.1 Å². The Hall–Kier alpha value is -4.80. The van der Waals surface area contributed by atoms with Crippen molar-refractivity contribution in [2.24, 2.45) is 17.3 Å². The Labute approximate surface area is 464 Å². The first-order valence-corrected chi connectivity index (χ1v) is 30.7. The second kappa shape index (κ2) is 21.7. The van der Waals surface area contributed by atoms with Gasteiger partial charge in [-0.1, -0.05) is 103 Å². The average molecular weight is 1170 g/mol. The molecule has 77 heavy (non-hydrogen) atoms. The topological polar surface area (TPSA) is 194 Å². The van der Waals surface area contributed by atoms with Crippen LogP contribution in [0.1, 0.15) is 121 Å². The molecule has 0 amide bonds. The van der Waals surface area contributed by atoms with E-state index in [4.69, 9.17) is 37.7 Å². The first-order chi connectivity index (χ1) is 36.1. The molecule has 2 fully saturated rings. The van der Waals surface area contributed by atoms with Crippen LogP contribution in [0.2, 0.25) is 10.0 Å². The summed E-state index contributed by atoms with van der Waals surface area (Å²) in [6, 6.07) is 17.4. The maximum absolute atomic E-state index is 13.8. The van der Waals surface area contributed by atoms with Crippen molar-refractivity contribution in [1.82, 2.24) is 29.6 Å². The second-order valence-corrected chi connectivity index (χ2v) is 28.2. The van der Waals surface area contributed by atoms with Crippen molar-refractivity contribution in [3.8, 4) is 42.4 Å². The fourth-order valence-electron chi connectivity index (χ4n) is 10.2. The van der Waals surface area contributed by atoms with Gasteiger partial charge in [-0.2, -0.15) is 22.9 Å². The third-order valence-corrected chi connectivity index (χ3v) is 21.0. The number of halogens is 5. The first kappa shape index (κ1) is 56.9. The third-order valence-electron chi connectivity index (χ3n) is 14.3. The van der Waals surface area contributed by atoms with Crippen molar-refractivity contribution in [3.05, 3.63) is 105 Å². The van der Waals surface area contributed by atoms with Crippen LogP contribution < -0.4 is 9.44 Å². The maximum Gasteiger partial charge on any atom is 0.404 e. The average Bonchev–Trinajstić information content (AvgIpc) is 4.08. The number of carbonyl (C=O) groups is 1. The molecule has 2 saturated carbocycles. The standard InChI is InChI=1S/C55H59Cl2F3N6O7S4/c1-29(55(58,59)60)65-76(69,70)44-21-19-40(45(56)46(44)57)48-41(25-31-12-10-13-31)62-50(74-48)36-24-33(28-54(6,7)52(67)68)23-35(27-36)34-15-11-14-32(22-34)26-42-47(75-51(63-42)49-61-30(2)64-73-49)39-18-20-43(38-17-9-8-16-37(38)39)77(71,72)66-53(3,4)5/h8-9,16-21,23-24,27,29,31-32,34,65-66H,10-15,22,25-26,28H2,1-7H3,(H,67,68)/t29-,32?,34?/m0/s1. The zero-order valence-corrected chi connectivity index (χ0v) is 48.2. The summed E-state index contributed by atoms with van der Waals surface area (Å²) >= 11 is 16.3. The molecule has 0 saturated heterocycles.